The third-order valence-electron chi connectivity index (χ3n) is 3.09. The molecule has 0 aliphatic heterocycles. The van der Waals surface area contributed by atoms with Gasteiger partial charge in [0, 0.05) is 35.5 Å². The first-order valence-electron chi connectivity index (χ1n) is 6.95. The fourth-order valence-corrected chi connectivity index (χ4v) is 1.82. The Morgan fingerprint density at radius 3 is 1.96 bits per heavy atom. The zero-order valence-electron chi connectivity index (χ0n) is 12.4. The number of hydrogen-bond donors (Lipinski definition) is 2. The van der Waals surface area contributed by atoms with E-state index in [1.54, 1.807) is 31.2 Å². The lowest BCUT2D eigenvalue weighted by atomic mass is 10.2. The predicted molar refractivity (Wildman–Crippen MR) is 86.4 cm³/mol. The van der Waals surface area contributed by atoms with Crippen LogP contribution in [0.4, 0.5) is 17.1 Å². The van der Waals surface area contributed by atoms with Crippen LogP contribution < -0.4 is 10.6 Å². The maximum absolute atomic E-state index is 12.1. The Hall–Kier alpha value is -3.22. The molecule has 0 heterocycles. The van der Waals surface area contributed by atoms with E-state index in [9.17, 15) is 19.7 Å². The molecule has 0 aliphatic carbocycles. The largest absolute Gasteiger partial charge is 0.326 e. The van der Waals surface area contributed by atoms with Gasteiger partial charge in [0.05, 0.1) is 4.92 Å². The number of benzene rings is 2. The van der Waals surface area contributed by atoms with Crippen molar-refractivity contribution in [2.24, 2.45) is 0 Å². The molecule has 0 fully saturated rings. The monoisotopic (exact) mass is 313 g/mol. The van der Waals surface area contributed by atoms with Crippen LogP contribution >= 0.6 is 0 Å². The minimum Gasteiger partial charge on any atom is -0.326 e. The summed E-state index contributed by atoms with van der Waals surface area (Å²) in [5.74, 6) is -0.460. The van der Waals surface area contributed by atoms with Crippen LogP contribution in [0.3, 0.4) is 0 Å². The summed E-state index contributed by atoms with van der Waals surface area (Å²) in [6, 6.07) is 12.0. The zero-order chi connectivity index (χ0) is 16.8. The minimum absolute atomic E-state index is 0.0717. The molecule has 2 rings (SSSR count). The molecule has 0 bridgehead atoms. The molecular formula is C16H15N3O4. The summed E-state index contributed by atoms with van der Waals surface area (Å²) in [6.07, 6.45) is 0.388. The second-order valence-electron chi connectivity index (χ2n) is 4.74. The summed E-state index contributed by atoms with van der Waals surface area (Å²) in [6.45, 7) is 1.76. The van der Waals surface area contributed by atoms with Gasteiger partial charge in [0.25, 0.3) is 11.6 Å². The molecule has 2 amide bonds. The molecule has 0 radical (unpaired) electrons. The Labute approximate surface area is 132 Å². The molecule has 0 aliphatic rings. The summed E-state index contributed by atoms with van der Waals surface area (Å²) in [5, 5.41) is 16.0. The Morgan fingerprint density at radius 2 is 1.48 bits per heavy atom. The maximum atomic E-state index is 12.1. The molecule has 0 atom stereocenters. The average Bonchev–Trinajstić information content (AvgIpc) is 2.56. The average molecular weight is 313 g/mol. The van der Waals surface area contributed by atoms with E-state index in [-0.39, 0.29) is 17.5 Å². The molecule has 7 nitrogen and oxygen atoms in total. The van der Waals surface area contributed by atoms with Crippen molar-refractivity contribution in [3.63, 3.8) is 0 Å². The van der Waals surface area contributed by atoms with E-state index < -0.39 is 4.92 Å². The lowest BCUT2D eigenvalue weighted by Crippen LogP contribution is -2.12. The highest BCUT2D eigenvalue weighted by molar-refractivity contribution is 6.04. The van der Waals surface area contributed by atoms with Gasteiger partial charge in [0.15, 0.2) is 0 Å². The van der Waals surface area contributed by atoms with Crippen LogP contribution in [0, 0.1) is 10.1 Å². The van der Waals surface area contributed by atoms with Crippen molar-refractivity contribution in [2.75, 3.05) is 10.6 Å². The highest BCUT2D eigenvalue weighted by atomic mass is 16.6. The number of non-ortho nitro benzene ring substituents is 1. The third-order valence-corrected chi connectivity index (χ3v) is 3.09. The fraction of sp³-hybridized carbons (Fsp3) is 0.125. The number of nitrogens with zero attached hydrogens (tertiary/aromatic N) is 1. The number of amides is 2. The first-order valence-corrected chi connectivity index (χ1v) is 6.95. The summed E-state index contributed by atoms with van der Waals surface area (Å²) in [5.41, 5.74) is 1.45. The first-order chi connectivity index (χ1) is 11.0. The lowest BCUT2D eigenvalue weighted by Gasteiger charge is -2.07. The molecule has 2 N–H and O–H groups in total. The molecule has 23 heavy (non-hydrogen) atoms. The van der Waals surface area contributed by atoms with Crippen LogP contribution in [0.25, 0.3) is 0 Å². The molecule has 0 saturated carbocycles. The predicted octanol–water partition coefficient (Wildman–Crippen LogP) is 3.20. The van der Waals surface area contributed by atoms with E-state index in [1.165, 1.54) is 24.3 Å². The number of rotatable bonds is 5. The number of hydrogen-bond acceptors (Lipinski definition) is 4. The van der Waals surface area contributed by atoms with Crippen LogP contribution in [0.1, 0.15) is 23.7 Å². The summed E-state index contributed by atoms with van der Waals surface area (Å²) in [4.78, 5) is 33.4. The molecule has 118 valence electrons. The number of nitro benzene ring substituents is 1. The third kappa shape index (κ3) is 4.37. The molecule has 0 unspecified atom stereocenters. The number of nitrogens with one attached hydrogen (secondary N) is 2. The number of anilines is 2. The summed E-state index contributed by atoms with van der Waals surface area (Å²) < 4.78 is 0. The summed E-state index contributed by atoms with van der Waals surface area (Å²) in [7, 11) is 0. The molecule has 0 aromatic heterocycles. The van der Waals surface area contributed by atoms with Crippen LogP contribution in [0.5, 0.6) is 0 Å². The molecule has 2 aromatic rings. The lowest BCUT2D eigenvalue weighted by molar-refractivity contribution is -0.384. The Bertz CT molecular complexity index is 724. The molecule has 0 spiro atoms. The van der Waals surface area contributed by atoms with Crippen molar-refractivity contribution in [1.29, 1.82) is 0 Å². The zero-order valence-corrected chi connectivity index (χ0v) is 12.4. The van der Waals surface area contributed by atoms with E-state index in [0.29, 0.717) is 23.4 Å². The highest BCUT2D eigenvalue weighted by Crippen LogP contribution is 2.16. The number of carbonyl (C=O) groups excluding carboxylic acids is 2. The van der Waals surface area contributed by atoms with Crippen molar-refractivity contribution < 1.29 is 14.5 Å². The van der Waals surface area contributed by atoms with Crippen molar-refractivity contribution in [1.82, 2.24) is 0 Å². The topological polar surface area (TPSA) is 101 Å². The van der Waals surface area contributed by atoms with E-state index in [0.717, 1.165) is 0 Å². The standard InChI is InChI=1S/C16H15N3O4/c1-2-15(20)17-12-5-7-13(8-6-12)18-16(21)11-3-9-14(10-4-11)19(22)23/h3-10H,2H2,1H3,(H,17,20)(H,18,21). The van der Waals surface area contributed by atoms with Crippen molar-refractivity contribution in [3.05, 3.63) is 64.2 Å². The Kier molecular flexibility index (Phi) is 5.03. The van der Waals surface area contributed by atoms with Gasteiger partial charge in [-0.1, -0.05) is 6.92 Å². The van der Waals surface area contributed by atoms with E-state index in [1.807, 2.05) is 0 Å². The smallest absolute Gasteiger partial charge is 0.269 e. The van der Waals surface area contributed by atoms with E-state index in [2.05, 4.69) is 10.6 Å². The van der Waals surface area contributed by atoms with Crippen molar-refractivity contribution >= 4 is 28.9 Å². The van der Waals surface area contributed by atoms with Gasteiger partial charge in [-0.15, -0.1) is 0 Å². The maximum Gasteiger partial charge on any atom is 0.269 e. The van der Waals surface area contributed by atoms with Crippen LogP contribution in [-0.2, 0) is 4.79 Å². The molecule has 2 aromatic carbocycles. The van der Waals surface area contributed by atoms with E-state index >= 15 is 0 Å². The SMILES string of the molecule is CCC(=O)Nc1ccc(NC(=O)c2ccc([N+](=O)[O-])cc2)cc1. The normalized spacial score (nSPS) is 9.96. The van der Waals surface area contributed by atoms with Gasteiger partial charge >= 0.3 is 0 Å². The Balaban J connectivity index is 2.02. The van der Waals surface area contributed by atoms with Gasteiger partial charge in [-0.3, -0.25) is 19.7 Å². The van der Waals surface area contributed by atoms with Gasteiger partial charge < -0.3 is 10.6 Å². The van der Waals surface area contributed by atoms with E-state index in [4.69, 9.17) is 0 Å². The van der Waals surface area contributed by atoms with Gasteiger partial charge in [-0.2, -0.15) is 0 Å². The number of carbonyl (C=O) groups is 2. The van der Waals surface area contributed by atoms with Gasteiger partial charge in [-0.25, -0.2) is 0 Å². The van der Waals surface area contributed by atoms with Crippen LogP contribution in [0.15, 0.2) is 48.5 Å². The minimum atomic E-state index is -0.523. The van der Waals surface area contributed by atoms with Crippen molar-refractivity contribution in [2.45, 2.75) is 13.3 Å². The van der Waals surface area contributed by atoms with Crippen LogP contribution in [0.2, 0.25) is 0 Å². The molecule has 0 saturated heterocycles. The second-order valence-corrected chi connectivity index (χ2v) is 4.74. The number of nitro groups is 1. The second kappa shape index (κ2) is 7.17. The fourth-order valence-electron chi connectivity index (χ4n) is 1.82. The highest BCUT2D eigenvalue weighted by Gasteiger charge is 2.09. The molecular weight excluding hydrogens is 298 g/mol. The van der Waals surface area contributed by atoms with Crippen molar-refractivity contribution in [3.8, 4) is 0 Å². The van der Waals surface area contributed by atoms with Gasteiger partial charge in [0.1, 0.15) is 0 Å². The first kappa shape index (κ1) is 16.2. The van der Waals surface area contributed by atoms with Gasteiger partial charge in [-0.05, 0) is 36.4 Å². The van der Waals surface area contributed by atoms with Crippen LogP contribution in [-0.4, -0.2) is 16.7 Å². The van der Waals surface area contributed by atoms with Gasteiger partial charge in [0.2, 0.25) is 5.91 Å². The molecule has 7 heteroatoms. The Morgan fingerprint density at radius 1 is 0.957 bits per heavy atom. The quantitative estimate of drug-likeness (QED) is 0.653. The summed E-state index contributed by atoms with van der Waals surface area (Å²) >= 11 is 0.